The number of hydrogen-bond donors (Lipinski definition) is 2. The summed E-state index contributed by atoms with van der Waals surface area (Å²) in [6, 6.07) is 3.10. The zero-order valence-electron chi connectivity index (χ0n) is 10.0. The summed E-state index contributed by atoms with van der Waals surface area (Å²) in [4.78, 5) is 35.8. The number of nitrogens with zero attached hydrogens (tertiary/aromatic N) is 1. The fraction of sp³-hybridized carbons (Fsp3) is 0.250. The van der Waals surface area contributed by atoms with E-state index < -0.39 is 17.9 Å². The molecule has 1 fully saturated rings. The van der Waals surface area contributed by atoms with Crippen molar-refractivity contribution in [2.75, 3.05) is 7.05 Å². The minimum absolute atomic E-state index is 0.0404. The first-order chi connectivity index (χ1) is 8.90. The number of phenols is 1. The highest BCUT2D eigenvalue weighted by Gasteiger charge is 2.37. The molecule has 100 valence electrons. The van der Waals surface area contributed by atoms with Crippen LogP contribution in [0.1, 0.15) is 16.8 Å². The van der Waals surface area contributed by atoms with Crippen molar-refractivity contribution in [1.29, 1.82) is 0 Å². The number of likely N-dealkylation sites (tertiary alicyclic amines) is 1. The first kappa shape index (κ1) is 13.4. The number of rotatable bonds is 2. The Labute approximate surface area is 114 Å². The third-order valence-corrected chi connectivity index (χ3v) is 3.20. The Balaban J connectivity index is 2.11. The van der Waals surface area contributed by atoms with E-state index in [0.29, 0.717) is 0 Å². The molecule has 3 amide bonds. The van der Waals surface area contributed by atoms with Crippen molar-refractivity contribution >= 4 is 29.3 Å². The van der Waals surface area contributed by atoms with Gasteiger partial charge in [-0.05, 0) is 18.2 Å². The van der Waals surface area contributed by atoms with Crippen LogP contribution in [0.4, 0.5) is 0 Å². The van der Waals surface area contributed by atoms with Gasteiger partial charge in [0.1, 0.15) is 11.8 Å². The summed E-state index contributed by atoms with van der Waals surface area (Å²) in [5, 5.41) is 11.8. The van der Waals surface area contributed by atoms with Crippen LogP contribution in [0.5, 0.6) is 5.75 Å². The summed E-state index contributed by atoms with van der Waals surface area (Å²) in [6.45, 7) is 0. The summed E-state index contributed by atoms with van der Waals surface area (Å²) in [5.74, 6) is -1.43. The largest absolute Gasteiger partial charge is 0.506 e. The number of nitrogens with one attached hydrogen (secondary N) is 1. The quantitative estimate of drug-likeness (QED) is 0.775. The van der Waals surface area contributed by atoms with Crippen molar-refractivity contribution in [1.82, 2.24) is 10.2 Å². The molecule has 0 radical (unpaired) electrons. The second-order valence-corrected chi connectivity index (χ2v) is 4.59. The number of likely N-dealkylation sites (N-methyl/N-ethyl adjacent to an activating group) is 1. The molecule has 0 aromatic heterocycles. The topological polar surface area (TPSA) is 86.7 Å². The highest BCUT2D eigenvalue weighted by atomic mass is 35.5. The maximum absolute atomic E-state index is 11.9. The molecule has 2 rings (SSSR count). The molecular formula is C12H11ClN2O4. The van der Waals surface area contributed by atoms with Crippen LogP contribution in [0, 0.1) is 0 Å². The Bertz CT molecular complexity index is 573. The van der Waals surface area contributed by atoms with E-state index in [1.54, 1.807) is 0 Å². The molecule has 6 nitrogen and oxygen atoms in total. The minimum atomic E-state index is -0.849. The third kappa shape index (κ3) is 2.53. The highest BCUT2D eigenvalue weighted by Crippen LogP contribution is 2.23. The Morgan fingerprint density at radius 3 is 2.68 bits per heavy atom. The van der Waals surface area contributed by atoms with E-state index in [9.17, 15) is 19.5 Å². The number of imide groups is 1. The summed E-state index contributed by atoms with van der Waals surface area (Å²) in [6.07, 6.45) is -0.0487. The molecule has 0 spiro atoms. The Kier molecular flexibility index (Phi) is 3.44. The highest BCUT2D eigenvalue weighted by molar-refractivity contribution is 6.32. The molecule has 1 saturated heterocycles. The van der Waals surface area contributed by atoms with E-state index in [-0.39, 0.29) is 28.7 Å². The van der Waals surface area contributed by atoms with E-state index in [0.717, 1.165) is 4.90 Å². The lowest BCUT2D eigenvalue weighted by Crippen LogP contribution is -2.40. The van der Waals surface area contributed by atoms with E-state index in [2.05, 4.69) is 5.32 Å². The van der Waals surface area contributed by atoms with Gasteiger partial charge in [-0.3, -0.25) is 19.3 Å². The predicted molar refractivity (Wildman–Crippen MR) is 66.8 cm³/mol. The van der Waals surface area contributed by atoms with Gasteiger partial charge in [0.15, 0.2) is 0 Å². The first-order valence-electron chi connectivity index (χ1n) is 5.50. The zero-order chi connectivity index (χ0) is 14.2. The third-order valence-electron chi connectivity index (χ3n) is 2.90. The van der Waals surface area contributed by atoms with Crippen molar-refractivity contribution in [2.24, 2.45) is 0 Å². The Hall–Kier alpha value is -2.08. The average Bonchev–Trinajstić information content (AvgIpc) is 2.60. The SMILES string of the molecule is CN1C(=O)CC(NC(=O)c2ccc(O)c(Cl)c2)C1=O. The van der Waals surface area contributed by atoms with E-state index in [4.69, 9.17) is 11.6 Å². The molecule has 1 aliphatic heterocycles. The number of carbonyl (C=O) groups is 3. The standard InChI is InChI=1S/C12H11ClN2O4/c1-15-10(17)5-8(12(15)19)14-11(18)6-2-3-9(16)7(13)4-6/h2-4,8,16H,5H2,1H3,(H,14,18). The predicted octanol–water partition coefficient (Wildman–Crippen LogP) is 0.533. The van der Waals surface area contributed by atoms with Gasteiger partial charge < -0.3 is 10.4 Å². The van der Waals surface area contributed by atoms with E-state index in [1.165, 1.54) is 25.2 Å². The lowest BCUT2D eigenvalue weighted by Gasteiger charge is -2.11. The van der Waals surface area contributed by atoms with Crippen LogP contribution in [-0.2, 0) is 9.59 Å². The molecule has 1 atom stereocenters. The van der Waals surface area contributed by atoms with Gasteiger partial charge in [-0.15, -0.1) is 0 Å². The molecule has 1 unspecified atom stereocenters. The van der Waals surface area contributed by atoms with Crippen LogP contribution in [0.25, 0.3) is 0 Å². The molecule has 19 heavy (non-hydrogen) atoms. The van der Waals surface area contributed by atoms with Crippen molar-refractivity contribution < 1.29 is 19.5 Å². The molecule has 1 heterocycles. The molecule has 0 saturated carbocycles. The average molecular weight is 283 g/mol. The van der Waals surface area contributed by atoms with Crippen LogP contribution in [0.2, 0.25) is 5.02 Å². The van der Waals surface area contributed by atoms with Crippen molar-refractivity contribution in [3.05, 3.63) is 28.8 Å². The van der Waals surface area contributed by atoms with E-state index in [1.807, 2.05) is 0 Å². The fourth-order valence-corrected chi connectivity index (χ4v) is 1.94. The minimum Gasteiger partial charge on any atom is -0.506 e. The van der Waals surface area contributed by atoms with Gasteiger partial charge >= 0.3 is 0 Å². The molecule has 0 bridgehead atoms. The van der Waals surface area contributed by atoms with Gasteiger partial charge in [-0.1, -0.05) is 11.6 Å². The second kappa shape index (κ2) is 4.89. The van der Waals surface area contributed by atoms with Crippen molar-refractivity contribution in [2.45, 2.75) is 12.5 Å². The molecule has 1 aromatic rings. The van der Waals surface area contributed by atoms with Gasteiger partial charge in [0.2, 0.25) is 5.91 Å². The summed E-state index contributed by atoms with van der Waals surface area (Å²) < 4.78 is 0. The van der Waals surface area contributed by atoms with E-state index >= 15 is 0 Å². The summed E-state index contributed by atoms with van der Waals surface area (Å²) in [5.41, 5.74) is 0.206. The smallest absolute Gasteiger partial charge is 0.252 e. The van der Waals surface area contributed by atoms with Crippen molar-refractivity contribution in [3.8, 4) is 5.75 Å². The van der Waals surface area contributed by atoms with Crippen LogP contribution in [-0.4, -0.2) is 40.8 Å². The van der Waals surface area contributed by atoms with Gasteiger partial charge in [-0.2, -0.15) is 0 Å². The van der Waals surface area contributed by atoms with Gasteiger partial charge in [0.05, 0.1) is 11.4 Å². The number of amides is 3. The number of phenolic OH excluding ortho intramolecular Hbond substituents is 1. The number of carbonyl (C=O) groups excluding carboxylic acids is 3. The fourth-order valence-electron chi connectivity index (χ4n) is 1.76. The molecule has 1 aliphatic rings. The number of aromatic hydroxyl groups is 1. The summed E-state index contributed by atoms with van der Waals surface area (Å²) >= 11 is 5.69. The lowest BCUT2D eigenvalue weighted by molar-refractivity contribution is -0.137. The number of halogens is 1. The maximum Gasteiger partial charge on any atom is 0.252 e. The molecule has 2 N–H and O–H groups in total. The normalized spacial score (nSPS) is 18.8. The molecule has 0 aliphatic carbocycles. The van der Waals surface area contributed by atoms with Crippen LogP contribution in [0.15, 0.2) is 18.2 Å². The first-order valence-corrected chi connectivity index (χ1v) is 5.87. The number of hydrogen-bond acceptors (Lipinski definition) is 4. The van der Waals surface area contributed by atoms with Crippen LogP contribution in [0.3, 0.4) is 0 Å². The molecule has 7 heteroatoms. The zero-order valence-corrected chi connectivity index (χ0v) is 10.8. The van der Waals surface area contributed by atoms with Crippen LogP contribution >= 0.6 is 11.6 Å². The Morgan fingerprint density at radius 1 is 1.47 bits per heavy atom. The second-order valence-electron chi connectivity index (χ2n) is 4.19. The Morgan fingerprint density at radius 2 is 2.16 bits per heavy atom. The van der Waals surface area contributed by atoms with Crippen molar-refractivity contribution in [3.63, 3.8) is 0 Å². The number of benzene rings is 1. The van der Waals surface area contributed by atoms with Crippen LogP contribution < -0.4 is 5.32 Å². The van der Waals surface area contributed by atoms with Gasteiger partial charge in [-0.25, -0.2) is 0 Å². The maximum atomic E-state index is 11.9. The summed E-state index contributed by atoms with van der Waals surface area (Å²) in [7, 11) is 1.37. The molecular weight excluding hydrogens is 272 g/mol. The molecule has 1 aromatic carbocycles. The van der Waals surface area contributed by atoms with Gasteiger partial charge in [0.25, 0.3) is 11.8 Å². The monoisotopic (exact) mass is 282 g/mol. The lowest BCUT2D eigenvalue weighted by atomic mass is 10.1. The van der Waals surface area contributed by atoms with Gasteiger partial charge in [0, 0.05) is 12.6 Å².